The molecule has 0 N–H and O–H groups in total. The van der Waals surface area contributed by atoms with Crippen molar-refractivity contribution in [1.29, 1.82) is 0 Å². The first-order valence-electron chi connectivity index (χ1n) is 10.5. The summed E-state index contributed by atoms with van der Waals surface area (Å²) in [5, 5.41) is 0. The standard InChI is InChI=1S/C25H34O3/c1-4-15-25(3)16-20(2)24(27-18-22-13-9-6-10-14-22)23(28-25)19-26-17-21-11-7-5-8-12-21/h5-14,20,23-24H,4,15-19H2,1-3H3. The quantitative estimate of drug-likeness (QED) is 0.551. The van der Waals surface area contributed by atoms with Crippen molar-refractivity contribution in [3.8, 4) is 0 Å². The SMILES string of the molecule is CCCC1(C)CC(C)C(OCc2ccccc2)C(COCc2ccccc2)O1. The van der Waals surface area contributed by atoms with E-state index in [0.717, 1.165) is 19.3 Å². The van der Waals surface area contributed by atoms with Gasteiger partial charge in [0.2, 0.25) is 0 Å². The topological polar surface area (TPSA) is 27.7 Å². The van der Waals surface area contributed by atoms with Crippen LogP contribution in [0.15, 0.2) is 60.7 Å². The first kappa shape index (κ1) is 21.0. The highest BCUT2D eigenvalue weighted by Gasteiger charge is 2.43. The van der Waals surface area contributed by atoms with Gasteiger partial charge in [0.05, 0.1) is 31.5 Å². The van der Waals surface area contributed by atoms with Gasteiger partial charge in [-0.1, -0.05) is 80.9 Å². The lowest BCUT2D eigenvalue weighted by Crippen LogP contribution is -2.52. The van der Waals surface area contributed by atoms with E-state index in [1.807, 2.05) is 24.3 Å². The summed E-state index contributed by atoms with van der Waals surface area (Å²) in [6, 6.07) is 20.7. The predicted octanol–water partition coefficient (Wildman–Crippen LogP) is 5.77. The summed E-state index contributed by atoms with van der Waals surface area (Å²) in [7, 11) is 0. The molecule has 0 aromatic heterocycles. The Kier molecular flexibility index (Phi) is 7.66. The molecule has 2 aromatic rings. The van der Waals surface area contributed by atoms with E-state index >= 15 is 0 Å². The fourth-order valence-electron chi connectivity index (χ4n) is 4.37. The summed E-state index contributed by atoms with van der Waals surface area (Å²) in [5.41, 5.74) is 2.28. The van der Waals surface area contributed by atoms with Crippen LogP contribution in [0.5, 0.6) is 0 Å². The Labute approximate surface area is 170 Å². The zero-order valence-electron chi connectivity index (χ0n) is 17.5. The minimum absolute atomic E-state index is 0.0425. The Hall–Kier alpha value is -1.68. The molecule has 3 heteroatoms. The molecule has 1 heterocycles. The highest BCUT2D eigenvalue weighted by Crippen LogP contribution is 2.38. The van der Waals surface area contributed by atoms with E-state index in [0.29, 0.717) is 25.7 Å². The number of benzene rings is 2. The summed E-state index contributed by atoms with van der Waals surface area (Å²) >= 11 is 0. The van der Waals surface area contributed by atoms with Crippen molar-refractivity contribution in [1.82, 2.24) is 0 Å². The smallest absolute Gasteiger partial charge is 0.108 e. The molecular formula is C25H34O3. The molecule has 3 nitrogen and oxygen atoms in total. The molecule has 1 aliphatic heterocycles. The number of hydrogen-bond acceptors (Lipinski definition) is 3. The van der Waals surface area contributed by atoms with Gasteiger partial charge in [-0.05, 0) is 36.8 Å². The van der Waals surface area contributed by atoms with Crippen molar-refractivity contribution in [2.24, 2.45) is 5.92 Å². The maximum atomic E-state index is 6.57. The molecule has 0 radical (unpaired) electrons. The summed E-state index contributed by atoms with van der Waals surface area (Å²) in [6.45, 7) is 8.51. The highest BCUT2D eigenvalue weighted by molar-refractivity contribution is 5.14. The monoisotopic (exact) mass is 382 g/mol. The zero-order valence-corrected chi connectivity index (χ0v) is 17.5. The van der Waals surface area contributed by atoms with Crippen molar-refractivity contribution >= 4 is 0 Å². The molecule has 0 bridgehead atoms. The van der Waals surface area contributed by atoms with Gasteiger partial charge in [-0.25, -0.2) is 0 Å². The van der Waals surface area contributed by atoms with Crippen LogP contribution in [0.25, 0.3) is 0 Å². The van der Waals surface area contributed by atoms with Crippen LogP contribution >= 0.6 is 0 Å². The van der Waals surface area contributed by atoms with Crippen LogP contribution in [0.1, 0.15) is 51.2 Å². The maximum absolute atomic E-state index is 6.57. The van der Waals surface area contributed by atoms with E-state index in [-0.39, 0.29) is 17.8 Å². The molecule has 0 amide bonds. The lowest BCUT2D eigenvalue weighted by atomic mass is 9.81. The largest absolute Gasteiger partial charge is 0.374 e. The molecule has 1 aliphatic rings. The fraction of sp³-hybridized carbons (Fsp3) is 0.520. The average molecular weight is 383 g/mol. The second kappa shape index (κ2) is 10.2. The molecule has 1 fully saturated rings. The summed E-state index contributed by atoms with van der Waals surface area (Å²) in [5.74, 6) is 0.430. The molecule has 0 spiro atoms. The molecule has 3 rings (SSSR count). The van der Waals surface area contributed by atoms with Crippen molar-refractivity contribution in [3.63, 3.8) is 0 Å². The normalized spacial score (nSPS) is 27.6. The van der Waals surface area contributed by atoms with Gasteiger partial charge in [0, 0.05) is 0 Å². The Morgan fingerprint density at radius 1 is 0.964 bits per heavy atom. The van der Waals surface area contributed by atoms with Crippen LogP contribution in [0.2, 0.25) is 0 Å². The molecule has 2 aromatic carbocycles. The van der Waals surface area contributed by atoms with Gasteiger partial charge in [-0.3, -0.25) is 0 Å². The van der Waals surface area contributed by atoms with Crippen molar-refractivity contribution in [3.05, 3.63) is 71.8 Å². The molecular weight excluding hydrogens is 348 g/mol. The second-order valence-corrected chi connectivity index (χ2v) is 8.30. The van der Waals surface area contributed by atoms with Gasteiger partial charge < -0.3 is 14.2 Å². The Balaban J connectivity index is 1.63. The van der Waals surface area contributed by atoms with E-state index < -0.39 is 0 Å². The van der Waals surface area contributed by atoms with Crippen molar-refractivity contribution in [2.75, 3.05) is 6.61 Å². The number of ether oxygens (including phenoxy) is 3. The average Bonchev–Trinajstić information content (AvgIpc) is 2.69. The van der Waals surface area contributed by atoms with E-state index in [4.69, 9.17) is 14.2 Å². The molecule has 152 valence electrons. The third kappa shape index (κ3) is 5.91. The first-order valence-corrected chi connectivity index (χ1v) is 10.5. The van der Waals surface area contributed by atoms with Crippen molar-refractivity contribution in [2.45, 2.75) is 71.1 Å². The van der Waals surface area contributed by atoms with Gasteiger partial charge in [0.15, 0.2) is 0 Å². The van der Waals surface area contributed by atoms with Crippen LogP contribution in [-0.2, 0) is 27.4 Å². The van der Waals surface area contributed by atoms with Crippen molar-refractivity contribution < 1.29 is 14.2 Å². The summed E-state index contributed by atoms with van der Waals surface area (Å²) in [6.07, 6.45) is 3.21. The van der Waals surface area contributed by atoms with E-state index in [2.05, 4.69) is 57.2 Å². The Morgan fingerprint density at radius 3 is 2.18 bits per heavy atom. The molecule has 28 heavy (non-hydrogen) atoms. The van der Waals surface area contributed by atoms with E-state index in [9.17, 15) is 0 Å². The summed E-state index contributed by atoms with van der Waals surface area (Å²) in [4.78, 5) is 0. The second-order valence-electron chi connectivity index (χ2n) is 8.30. The predicted molar refractivity (Wildman–Crippen MR) is 113 cm³/mol. The van der Waals surface area contributed by atoms with E-state index in [1.54, 1.807) is 0 Å². The van der Waals surface area contributed by atoms with Crippen LogP contribution in [-0.4, -0.2) is 24.4 Å². The van der Waals surface area contributed by atoms with Crippen LogP contribution < -0.4 is 0 Å². The van der Waals surface area contributed by atoms with Gasteiger partial charge in [0.25, 0.3) is 0 Å². The highest BCUT2D eigenvalue weighted by atomic mass is 16.6. The first-order chi connectivity index (χ1) is 13.6. The molecule has 4 atom stereocenters. The van der Waals surface area contributed by atoms with Crippen LogP contribution in [0, 0.1) is 5.92 Å². The van der Waals surface area contributed by atoms with Crippen LogP contribution in [0.3, 0.4) is 0 Å². The zero-order chi connectivity index (χ0) is 19.8. The Bertz CT molecular complexity index is 687. The Morgan fingerprint density at radius 2 is 1.57 bits per heavy atom. The van der Waals surface area contributed by atoms with Gasteiger partial charge in [-0.2, -0.15) is 0 Å². The lowest BCUT2D eigenvalue weighted by molar-refractivity contribution is -0.222. The number of hydrogen-bond donors (Lipinski definition) is 0. The fourth-order valence-corrected chi connectivity index (χ4v) is 4.37. The third-order valence-electron chi connectivity index (χ3n) is 5.57. The van der Waals surface area contributed by atoms with Crippen LogP contribution in [0.4, 0.5) is 0 Å². The van der Waals surface area contributed by atoms with E-state index in [1.165, 1.54) is 11.1 Å². The maximum Gasteiger partial charge on any atom is 0.108 e. The van der Waals surface area contributed by atoms with Gasteiger partial charge in [-0.15, -0.1) is 0 Å². The molecule has 0 saturated carbocycles. The van der Waals surface area contributed by atoms with Gasteiger partial charge >= 0.3 is 0 Å². The third-order valence-corrected chi connectivity index (χ3v) is 5.57. The number of rotatable bonds is 9. The molecule has 4 unspecified atom stereocenters. The molecule has 0 aliphatic carbocycles. The summed E-state index contributed by atoms with van der Waals surface area (Å²) < 4.78 is 19.0. The lowest BCUT2D eigenvalue weighted by Gasteiger charge is -2.46. The van der Waals surface area contributed by atoms with Gasteiger partial charge in [0.1, 0.15) is 6.10 Å². The molecule has 1 saturated heterocycles. The minimum atomic E-state index is -0.0957. The minimum Gasteiger partial charge on any atom is -0.374 e.